The Bertz CT molecular complexity index is 408. The van der Waals surface area contributed by atoms with Crippen molar-refractivity contribution in [3.63, 3.8) is 0 Å². The van der Waals surface area contributed by atoms with E-state index >= 15 is 0 Å². The molecule has 0 bridgehead atoms. The van der Waals surface area contributed by atoms with Gasteiger partial charge in [-0.1, -0.05) is 0 Å². The minimum atomic E-state index is 0.0108. The third-order valence-corrected chi connectivity index (χ3v) is 2.88. The van der Waals surface area contributed by atoms with E-state index in [1.54, 1.807) is 6.07 Å². The minimum Gasteiger partial charge on any atom is -0.398 e. The summed E-state index contributed by atoms with van der Waals surface area (Å²) in [4.78, 5) is 11.2. The fourth-order valence-electron chi connectivity index (χ4n) is 1.62. The van der Waals surface area contributed by atoms with Gasteiger partial charge in [-0.15, -0.1) is 0 Å². The lowest BCUT2D eigenvalue weighted by atomic mass is 10.1. The van der Waals surface area contributed by atoms with Crippen LogP contribution in [0.25, 0.3) is 0 Å². The third kappa shape index (κ3) is 2.12. The molecule has 3 N–H and O–H groups in total. The zero-order chi connectivity index (χ0) is 11.1. The second-order valence-electron chi connectivity index (χ2n) is 4.54. The van der Waals surface area contributed by atoms with Crippen LogP contribution in [0.3, 0.4) is 0 Å². The number of nitrogen functional groups attached to an aromatic ring is 1. The van der Waals surface area contributed by atoms with Crippen molar-refractivity contribution in [2.45, 2.75) is 32.2 Å². The van der Waals surface area contributed by atoms with Crippen molar-refractivity contribution in [1.29, 1.82) is 0 Å². The number of ketones is 1. The molecule has 1 saturated carbocycles. The van der Waals surface area contributed by atoms with Crippen LogP contribution in [-0.2, 0) is 0 Å². The summed E-state index contributed by atoms with van der Waals surface area (Å²) in [6, 6.07) is 5.53. The van der Waals surface area contributed by atoms with Gasteiger partial charge in [0, 0.05) is 22.5 Å². The molecule has 2 rings (SSSR count). The van der Waals surface area contributed by atoms with Crippen LogP contribution in [0.15, 0.2) is 18.2 Å². The number of carbonyl (C=O) groups is 1. The molecule has 0 aliphatic heterocycles. The van der Waals surface area contributed by atoms with Gasteiger partial charge < -0.3 is 11.1 Å². The second-order valence-corrected chi connectivity index (χ2v) is 4.54. The SMILES string of the molecule is CC(=O)c1ccc(NC2(C)CC2)cc1N. The Balaban J connectivity index is 2.21. The number of nitrogens with one attached hydrogen (secondary N) is 1. The van der Waals surface area contributed by atoms with Gasteiger partial charge in [0.15, 0.2) is 5.78 Å². The number of nitrogens with two attached hydrogens (primary N) is 1. The quantitative estimate of drug-likeness (QED) is 0.587. The maximum atomic E-state index is 11.2. The van der Waals surface area contributed by atoms with Crippen LogP contribution in [0.5, 0.6) is 0 Å². The number of hydrogen-bond donors (Lipinski definition) is 2. The van der Waals surface area contributed by atoms with Crippen LogP contribution in [0.2, 0.25) is 0 Å². The predicted molar refractivity (Wildman–Crippen MR) is 62.1 cm³/mol. The average Bonchev–Trinajstić information content (AvgIpc) is 2.82. The van der Waals surface area contributed by atoms with Crippen LogP contribution < -0.4 is 11.1 Å². The molecule has 1 fully saturated rings. The van der Waals surface area contributed by atoms with Gasteiger partial charge in [0.05, 0.1) is 0 Å². The maximum absolute atomic E-state index is 11.2. The van der Waals surface area contributed by atoms with Crippen LogP contribution in [0.1, 0.15) is 37.0 Å². The van der Waals surface area contributed by atoms with Crippen LogP contribution in [0, 0.1) is 0 Å². The number of Topliss-reactive ketones (excluding diaryl/α,β-unsaturated/α-hetero) is 1. The van der Waals surface area contributed by atoms with Gasteiger partial charge in [0.1, 0.15) is 0 Å². The highest BCUT2D eigenvalue weighted by Gasteiger charge is 2.36. The number of carbonyl (C=O) groups excluding carboxylic acids is 1. The molecule has 0 aromatic heterocycles. The molecule has 0 unspecified atom stereocenters. The van der Waals surface area contributed by atoms with E-state index in [-0.39, 0.29) is 11.3 Å². The Morgan fingerprint density at radius 3 is 2.60 bits per heavy atom. The molecule has 0 atom stereocenters. The molecule has 1 aliphatic carbocycles. The first-order valence-corrected chi connectivity index (χ1v) is 5.19. The van der Waals surface area contributed by atoms with Crippen molar-refractivity contribution >= 4 is 17.2 Å². The molecule has 0 amide bonds. The molecular formula is C12H16N2O. The van der Waals surface area contributed by atoms with E-state index in [4.69, 9.17) is 5.73 Å². The van der Waals surface area contributed by atoms with Gasteiger partial charge in [-0.2, -0.15) is 0 Å². The number of anilines is 2. The fraction of sp³-hybridized carbons (Fsp3) is 0.417. The largest absolute Gasteiger partial charge is 0.398 e. The number of hydrogen-bond acceptors (Lipinski definition) is 3. The van der Waals surface area contributed by atoms with Gasteiger partial charge in [-0.25, -0.2) is 0 Å². The molecule has 1 aromatic rings. The Hall–Kier alpha value is -1.51. The van der Waals surface area contributed by atoms with Crippen LogP contribution >= 0.6 is 0 Å². The monoisotopic (exact) mass is 204 g/mol. The molecule has 0 radical (unpaired) electrons. The molecule has 3 heteroatoms. The highest BCUT2D eigenvalue weighted by molar-refractivity contribution is 5.99. The van der Waals surface area contributed by atoms with Crippen LogP contribution in [0.4, 0.5) is 11.4 Å². The Labute approximate surface area is 89.7 Å². The summed E-state index contributed by atoms with van der Waals surface area (Å²) in [6.07, 6.45) is 2.39. The second kappa shape index (κ2) is 3.26. The molecule has 1 aromatic carbocycles. The van der Waals surface area contributed by atoms with E-state index in [0.717, 1.165) is 5.69 Å². The highest BCUT2D eigenvalue weighted by Crippen LogP contribution is 2.38. The summed E-state index contributed by atoms with van der Waals surface area (Å²) in [5, 5.41) is 3.41. The zero-order valence-corrected chi connectivity index (χ0v) is 9.13. The summed E-state index contributed by atoms with van der Waals surface area (Å²) >= 11 is 0. The third-order valence-electron chi connectivity index (χ3n) is 2.88. The van der Waals surface area contributed by atoms with Gasteiger partial charge in [-0.3, -0.25) is 4.79 Å². The van der Waals surface area contributed by atoms with Crippen molar-refractivity contribution in [3.05, 3.63) is 23.8 Å². The summed E-state index contributed by atoms with van der Waals surface area (Å²) in [5.74, 6) is 0.0108. The molecule has 0 spiro atoms. The fourth-order valence-corrected chi connectivity index (χ4v) is 1.62. The Morgan fingerprint density at radius 2 is 2.13 bits per heavy atom. The van der Waals surface area contributed by atoms with Gasteiger partial charge in [0.25, 0.3) is 0 Å². The molecule has 3 nitrogen and oxygen atoms in total. The van der Waals surface area contributed by atoms with E-state index in [0.29, 0.717) is 11.3 Å². The topological polar surface area (TPSA) is 55.1 Å². The lowest BCUT2D eigenvalue weighted by Gasteiger charge is -2.14. The first kappa shape index (κ1) is 10.0. The van der Waals surface area contributed by atoms with Gasteiger partial charge in [-0.05, 0) is 44.9 Å². The van der Waals surface area contributed by atoms with Crippen molar-refractivity contribution in [2.24, 2.45) is 0 Å². The number of benzene rings is 1. The molecule has 1 aliphatic rings. The average molecular weight is 204 g/mol. The smallest absolute Gasteiger partial charge is 0.161 e. The predicted octanol–water partition coefficient (Wildman–Crippen LogP) is 2.44. The van der Waals surface area contributed by atoms with Crippen molar-refractivity contribution < 1.29 is 4.79 Å². The lowest BCUT2D eigenvalue weighted by molar-refractivity contribution is 0.101. The number of rotatable bonds is 3. The van der Waals surface area contributed by atoms with Crippen molar-refractivity contribution in [2.75, 3.05) is 11.1 Å². The van der Waals surface area contributed by atoms with E-state index < -0.39 is 0 Å². The first-order chi connectivity index (χ1) is 7.00. The summed E-state index contributed by atoms with van der Waals surface area (Å²) in [6.45, 7) is 3.71. The van der Waals surface area contributed by atoms with E-state index in [9.17, 15) is 4.79 Å². The molecule has 0 saturated heterocycles. The minimum absolute atomic E-state index is 0.0108. The molecule has 15 heavy (non-hydrogen) atoms. The van der Waals surface area contributed by atoms with Crippen LogP contribution in [-0.4, -0.2) is 11.3 Å². The van der Waals surface area contributed by atoms with Gasteiger partial charge in [0.2, 0.25) is 0 Å². The van der Waals surface area contributed by atoms with Crippen molar-refractivity contribution in [1.82, 2.24) is 0 Å². The molecular weight excluding hydrogens is 188 g/mol. The molecule has 80 valence electrons. The maximum Gasteiger partial charge on any atom is 0.161 e. The van der Waals surface area contributed by atoms with Crippen molar-refractivity contribution in [3.8, 4) is 0 Å². The van der Waals surface area contributed by atoms with Gasteiger partial charge >= 0.3 is 0 Å². The van der Waals surface area contributed by atoms with E-state index in [2.05, 4.69) is 12.2 Å². The molecule has 0 heterocycles. The normalized spacial score (nSPS) is 17.2. The zero-order valence-electron chi connectivity index (χ0n) is 9.13. The van der Waals surface area contributed by atoms with E-state index in [1.165, 1.54) is 19.8 Å². The summed E-state index contributed by atoms with van der Waals surface area (Å²) in [7, 11) is 0. The first-order valence-electron chi connectivity index (χ1n) is 5.19. The van der Waals surface area contributed by atoms with E-state index in [1.807, 2.05) is 12.1 Å². The Kier molecular flexibility index (Phi) is 2.18. The lowest BCUT2D eigenvalue weighted by Crippen LogP contribution is -2.16. The highest BCUT2D eigenvalue weighted by atomic mass is 16.1. The Morgan fingerprint density at radius 1 is 1.47 bits per heavy atom. The summed E-state index contributed by atoms with van der Waals surface area (Å²) < 4.78 is 0. The standard InChI is InChI=1S/C12H16N2O/c1-8(15)10-4-3-9(7-11(10)13)14-12(2)5-6-12/h3-4,7,14H,5-6,13H2,1-2H3. The summed E-state index contributed by atoms with van der Waals surface area (Å²) in [5.41, 5.74) is 8.19.